The second-order valence-corrected chi connectivity index (χ2v) is 3.08. The molecule has 0 radical (unpaired) electrons. The maximum Gasteiger partial charge on any atom is 0.343 e. The van der Waals surface area contributed by atoms with E-state index in [2.05, 4.69) is 0 Å². The Bertz CT molecular complexity index is 407. The van der Waals surface area contributed by atoms with E-state index in [0.717, 1.165) is 0 Å². The number of benzene rings is 1. The molecule has 1 rings (SSSR count). The second kappa shape index (κ2) is 7.24. The van der Waals surface area contributed by atoms with Crippen molar-refractivity contribution in [2.45, 2.75) is 0 Å². The Balaban J connectivity index is 2.63. The normalized spacial score (nSPS) is 11.5. The molecular formula is C13H14O4. The molecule has 0 amide bonds. The van der Waals surface area contributed by atoms with Crippen LogP contribution in [0.1, 0.15) is 10.4 Å². The average molecular weight is 234 g/mol. The van der Waals surface area contributed by atoms with Gasteiger partial charge in [-0.1, -0.05) is 24.3 Å². The Morgan fingerprint density at radius 2 is 2.06 bits per heavy atom. The third kappa shape index (κ3) is 4.53. The van der Waals surface area contributed by atoms with E-state index in [-0.39, 0.29) is 6.61 Å². The highest BCUT2D eigenvalue weighted by atomic mass is 16.5. The highest BCUT2D eigenvalue weighted by Crippen LogP contribution is 2.04. The number of hydrogen-bond donors (Lipinski definition) is 1. The van der Waals surface area contributed by atoms with Crippen molar-refractivity contribution in [2.75, 3.05) is 13.7 Å². The predicted octanol–water partition coefficient (Wildman–Crippen LogP) is 1.88. The number of aliphatic hydroxyl groups excluding tert-OH is 1. The van der Waals surface area contributed by atoms with E-state index in [1.807, 2.05) is 6.07 Å². The molecule has 0 spiro atoms. The minimum absolute atomic E-state index is 0.104. The Kier molecular flexibility index (Phi) is 5.54. The van der Waals surface area contributed by atoms with Crippen molar-refractivity contribution in [3.63, 3.8) is 0 Å². The van der Waals surface area contributed by atoms with Crippen molar-refractivity contribution in [1.29, 1.82) is 0 Å². The van der Waals surface area contributed by atoms with Crippen LogP contribution in [0.3, 0.4) is 0 Å². The van der Waals surface area contributed by atoms with Crippen molar-refractivity contribution in [1.82, 2.24) is 0 Å². The highest BCUT2D eigenvalue weighted by molar-refractivity contribution is 5.89. The van der Waals surface area contributed by atoms with Gasteiger partial charge in [-0.05, 0) is 18.2 Å². The molecule has 17 heavy (non-hydrogen) atoms. The maximum atomic E-state index is 11.5. The average Bonchev–Trinajstić information content (AvgIpc) is 2.39. The van der Waals surface area contributed by atoms with Crippen LogP contribution in [0, 0.1) is 0 Å². The van der Waals surface area contributed by atoms with Crippen molar-refractivity contribution in [3.05, 3.63) is 60.1 Å². The van der Waals surface area contributed by atoms with Crippen molar-refractivity contribution >= 4 is 5.97 Å². The van der Waals surface area contributed by atoms with E-state index in [0.29, 0.717) is 11.3 Å². The first-order chi connectivity index (χ1) is 8.27. The number of ether oxygens (including phenoxy) is 2. The summed E-state index contributed by atoms with van der Waals surface area (Å²) in [6.07, 6.45) is 4.19. The van der Waals surface area contributed by atoms with Gasteiger partial charge in [-0.15, -0.1) is 0 Å². The van der Waals surface area contributed by atoms with Crippen molar-refractivity contribution in [2.24, 2.45) is 0 Å². The topological polar surface area (TPSA) is 55.8 Å². The first-order valence-corrected chi connectivity index (χ1v) is 5.05. The lowest BCUT2D eigenvalue weighted by Gasteiger charge is -2.02. The fourth-order valence-electron chi connectivity index (χ4n) is 1.08. The third-order valence-electron chi connectivity index (χ3n) is 1.91. The van der Waals surface area contributed by atoms with E-state index < -0.39 is 5.97 Å². The first kappa shape index (κ1) is 13.0. The molecule has 0 unspecified atom stereocenters. The SMILES string of the molecule is COC(/C=C/CO)=C/OC(=O)c1ccccc1. The zero-order valence-corrected chi connectivity index (χ0v) is 9.50. The molecule has 1 N–H and O–H groups in total. The fraction of sp³-hybridized carbons (Fsp3) is 0.154. The summed E-state index contributed by atoms with van der Waals surface area (Å²) in [5.74, 6) is -0.110. The molecule has 0 aromatic heterocycles. The Morgan fingerprint density at radius 1 is 1.35 bits per heavy atom. The Morgan fingerprint density at radius 3 is 2.65 bits per heavy atom. The van der Waals surface area contributed by atoms with Gasteiger partial charge < -0.3 is 14.6 Å². The van der Waals surface area contributed by atoms with Crippen molar-refractivity contribution in [3.8, 4) is 0 Å². The van der Waals surface area contributed by atoms with Crippen LogP contribution in [0.4, 0.5) is 0 Å². The minimum atomic E-state index is -0.461. The summed E-state index contributed by atoms with van der Waals surface area (Å²) in [5, 5.41) is 8.59. The molecule has 0 fully saturated rings. The zero-order chi connectivity index (χ0) is 12.5. The van der Waals surface area contributed by atoms with Crippen LogP contribution in [0.15, 0.2) is 54.5 Å². The van der Waals surface area contributed by atoms with Gasteiger partial charge in [-0.2, -0.15) is 0 Å². The molecule has 1 aromatic rings. The van der Waals surface area contributed by atoms with Gasteiger partial charge in [0.2, 0.25) is 0 Å². The molecule has 0 saturated carbocycles. The summed E-state index contributed by atoms with van der Waals surface area (Å²) in [6, 6.07) is 8.64. The largest absolute Gasteiger partial charge is 0.494 e. The molecule has 0 aliphatic carbocycles. The molecule has 0 aliphatic rings. The van der Waals surface area contributed by atoms with Gasteiger partial charge in [-0.3, -0.25) is 0 Å². The molecule has 4 nitrogen and oxygen atoms in total. The van der Waals surface area contributed by atoms with Gasteiger partial charge in [-0.25, -0.2) is 4.79 Å². The molecule has 0 bridgehead atoms. The number of aliphatic hydroxyl groups is 1. The van der Waals surface area contributed by atoms with Gasteiger partial charge in [0.05, 0.1) is 19.3 Å². The Hall–Kier alpha value is -2.07. The van der Waals surface area contributed by atoms with Crippen LogP contribution >= 0.6 is 0 Å². The van der Waals surface area contributed by atoms with Gasteiger partial charge in [0.1, 0.15) is 6.26 Å². The smallest absolute Gasteiger partial charge is 0.343 e. The van der Waals surface area contributed by atoms with E-state index in [1.165, 1.54) is 25.5 Å². The van der Waals surface area contributed by atoms with Crippen LogP contribution in [0.5, 0.6) is 0 Å². The number of allylic oxidation sites excluding steroid dienone is 1. The molecule has 0 aliphatic heterocycles. The minimum Gasteiger partial charge on any atom is -0.494 e. The zero-order valence-electron chi connectivity index (χ0n) is 9.50. The molecule has 0 heterocycles. The standard InChI is InChI=1S/C13H14O4/c1-16-12(8-5-9-14)10-17-13(15)11-6-3-2-4-7-11/h2-8,10,14H,9H2,1H3/b8-5+,12-10+. The van der Waals surface area contributed by atoms with E-state index in [1.54, 1.807) is 24.3 Å². The summed E-state index contributed by atoms with van der Waals surface area (Å²) in [4.78, 5) is 11.5. The van der Waals surface area contributed by atoms with Gasteiger partial charge in [0.15, 0.2) is 5.76 Å². The quantitative estimate of drug-likeness (QED) is 0.480. The molecular weight excluding hydrogens is 220 g/mol. The van der Waals surface area contributed by atoms with Crippen molar-refractivity contribution < 1.29 is 19.4 Å². The summed E-state index contributed by atoms with van der Waals surface area (Å²) in [5.41, 5.74) is 0.463. The van der Waals surface area contributed by atoms with Gasteiger partial charge in [0.25, 0.3) is 0 Å². The maximum absolute atomic E-state index is 11.5. The summed E-state index contributed by atoms with van der Waals surface area (Å²) in [7, 11) is 1.45. The van der Waals surface area contributed by atoms with Crippen LogP contribution in [0.2, 0.25) is 0 Å². The van der Waals surface area contributed by atoms with Crippen LogP contribution in [-0.2, 0) is 9.47 Å². The molecule has 0 saturated heterocycles. The van der Waals surface area contributed by atoms with Crippen LogP contribution < -0.4 is 0 Å². The lowest BCUT2D eigenvalue weighted by atomic mass is 10.2. The lowest BCUT2D eigenvalue weighted by molar-refractivity contribution is 0.0650. The van der Waals surface area contributed by atoms with E-state index in [4.69, 9.17) is 14.6 Å². The molecule has 4 heteroatoms. The van der Waals surface area contributed by atoms with Gasteiger partial charge >= 0.3 is 5.97 Å². The number of esters is 1. The number of hydrogen-bond acceptors (Lipinski definition) is 4. The predicted molar refractivity (Wildman–Crippen MR) is 63.2 cm³/mol. The molecule has 90 valence electrons. The van der Waals surface area contributed by atoms with Crippen LogP contribution in [-0.4, -0.2) is 24.8 Å². The summed E-state index contributed by atoms with van der Waals surface area (Å²) < 4.78 is 9.84. The van der Waals surface area contributed by atoms with E-state index >= 15 is 0 Å². The Labute approximate surface area is 99.8 Å². The molecule has 1 aromatic carbocycles. The number of rotatable bonds is 5. The number of methoxy groups -OCH3 is 1. The third-order valence-corrected chi connectivity index (χ3v) is 1.91. The lowest BCUT2D eigenvalue weighted by Crippen LogP contribution is -2.00. The fourth-order valence-corrected chi connectivity index (χ4v) is 1.08. The molecule has 0 atom stereocenters. The van der Waals surface area contributed by atoms with E-state index in [9.17, 15) is 4.79 Å². The van der Waals surface area contributed by atoms with Gasteiger partial charge in [0, 0.05) is 0 Å². The summed E-state index contributed by atoms with van der Waals surface area (Å²) in [6.45, 7) is -0.104. The second-order valence-electron chi connectivity index (χ2n) is 3.08. The first-order valence-electron chi connectivity index (χ1n) is 5.05. The van der Waals surface area contributed by atoms with Crippen LogP contribution in [0.25, 0.3) is 0 Å². The monoisotopic (exact) mass is 234 g/mol. The number of carbonyl (C=O) groups is 1. The highest BCUT2D eigenvalue weighted by Gasteiger charge is 2.04. The number of carbonyl (C=O) groups excluding carboxylic acids is 1. The summed E-state index contributed by atoms with van der Waals surface area (Å²) >= 11 is 0.